The van der Waals surface area contributed by atoms with Crippen LogP contribution < -0.4 is 16.8 Å². The zero-order chi connectivity index (χ0) is 21.2. The van der Waals surface area contributed by atoms with E-state index in [0.717, 1.165) is 0 Å². The fraction of sp³-hybridized carbons (Fsp3) is 0.158. The monoisotopic (exact) mass is 412 g/mol. The second kappa shape index (κ2) is 7.47. The van der Waals surface area contributed by atoms with Crippen molar-refractivity contribution in [2.45, 2.75) is 23.5 Å². The number of sulfone groups is 1. The third-order valence-electron chi connectivity index (χ3n) is 4.41. The molecule has 0 aliphatic rings. The summed E-state index contributed by atoms with van der Waals surface area (Å²) in [6.45, 7) is 3.13. The van der Waals surface area contributed by atoms with Gasteiger partial charge in [-0.25, -0.2) is 23.2 Å². The number of pyridine rings is 1. The van der Waals surface area contributed by atoms with Crippen molar-refractivity contribution in [2.24, 2.45) is 5.73 Å². The number of urea groups is 1. The highest BCUT2D eigenvalue weighted by atomic mass is 32.2. The summed E-state index contributed by atoms with van der Waals surface area (Å²) in [5, 5.41) is 2.46. The predicted octanol–water partition coefficient (Wildman–Crippen LogP) is 2.32. The quantitative estimate of drug-likeness (QED) is 0.581. The molecule has 0 bridgehead atoms. The number of hydrogen-bond donors (Lipinski definition) is 3. The van der Waals surface area contributed by atoms with Gasteiger partial charge in [-0.2, -0.15) is 0 Å². The average molecular weight is 412 g/mol. The van der Waals surface area contributed by atoms with E-state index in [1.165, 1.54) is 30.6 Å². The van der Waals surface area contributed by atoms with Crippen molar-refractivity contribution < 1.29 is 13.2 Å². The third kappa shape index (κ3) is 4.02. The van der Waals surface area contributed by atoms with Gasteiger partial charge in [0, 0.05) is 29.7 Å². The van der Waals surface area contributed by atoms with Gasteiger partial charge in [-0.05, 0) is 50.2 Å². The minimum atomic E-state index is -3.77. The maximum absolute atomic E-state index is 13.2. The third-order valence-corrected chi connectivity index (χ3v) is 6.85. The summed E-state index contributed by atoms with van der Waals surface area (Å²) in [5.74, 6) is 0.408. The molecule has 0 fully saturated rings. The molecule has 2 aromatic heterocycles. The van der Waals surface area contributed by atoms with Crippen LogP contribution in [0, 0.1) is 0 Å². The van der Waals surface area contributed by atoms with Crippen LogP contribution in [0.4, 0.5) is 16.3 Å². The van der Waals surface area contributed by atoms with Gasteiger partial charge in [0.25, 0.3) is 0 Å². The van der Waals surface area contributed by atoms with Gasteiger partial charge in [0.15, 0.2) is 15.7 Å². The van der Waals surface area contributed by atoms with E-state index in [1.807, 2.05) is 0 Å². The molecule has 0 aliphatic heterocycles. The van der Waals surface area contributed by atoms with Crippen molar-refractivity contribution in [3.63, 3.8) is 0 Å². The Bertz CT molecular complexity index is 1150. The van der Waals surface area contributed by atoms with Gasteiger partial charge in [-0.3, -0.25) is 4.98 Å². The number of nitrogens with one attached hydrogen (secondary N) is 1. The van der Waals surface area contributed by atoms with Gasteiger partial charge in [-0.15, -0.1) is 0 Å². The molecule has 3 aromatic rings. The molecule has 3 rings (SSSR count). The van der Waals surface area contributed by atoms with E-state index in [1.54, 1.807) is 38.1 Å². The molecule has 29 heavy (non-hydrogen) atoms. The summed E-state index contributed by atoms with van der Waals surface area (Å²) >= 11 is 0. The van der Waals surface area contributed by atoms with Crippen molar-refractivity contribution >= 4 is 27.4 Å². The lowest BCUT2D eigenvalue weighted by Crippen LogP contribution is -2.31. The SMILES string of the molecule is CC(C)(c1cc(N)nc(-c2ccc(NC(N)=O)cc2)n1)S(=O)(=O)c1ccncc1. The van der Waals surface area contributed by atoms with E-state index in [9.17, 15) is 13.2 Å². The van der Waals surface area contributed by atoms with Crippen molar-refractivity contribution in [3.05, 3.63) is 60.6 Å². The van der Waals surface area contributed by atoms with E-state index >= 15 is 0 Å². The van der Waals surface area contributed by atoms with Gasteiger partial charge in [-0.1, -0.05) is 0 Å². The van der Waals surface area contributed by atoms with Crippen LogP contribution in [0.3, 0.4) is 0 Å². The summed E-state index contributed by atoms with van der Waals surface area (Å²) in [5.41, 5.74) is 12.4. The molecular formula is C19H20N6O3S. The van der Waals surface area contributed by atoms with E-state index in [-0.39, 0.29) is 22.2 Å². The predicted molar refractivity (Wildman–Crippen MR) is 110 cm³/mol. The first-order valence-electron chi connectivity index (χ1n) is 8.58. The Balaban J connectivity index is 2.04. The zero-order valence-corrected chi connectivity index (χ0v) is 16.6. The number of benzene rings is 1. The van der Waals surface area contributed by atoms with Gasteiger partial charge >= 0.3 is 6.03 Å². The lowest BCUT2D eigenvalue weighted by molar-refractivity contribution is 0.259. The molecule has 150 valence electrons. The van der Waals surface area contributed by atoms with Crippen molar-refractivity contribution in [3.8, 4) is 11.4 Å². The van der Waals surface area contributed by atoms with Crippen LogP contribution in [0.1, 0.15) is 19.5 Å². The van der Waals surface area contributed by atoms with Gasteiger partial charge < -0.3 is 16.8 Å². The number of primary amides is 1. The van der Waals surface area contributed by atoms with Crippen LogP contribution in [0.15, 0.2) is 59.8 Å². The van der Waals surface area contributed by atoms with E-state index in [2.05, 4.69) is 20.3 Å². The molecule has 0 saturated carbocycles. The first kappa shape index (κ1) is 20.2. The number of rotatable bonds is 5. The van der Waals surface area contributed by atoms with Crippen molar-refractivity contribution in [1.82, 2.24) is 15.0 Å². The maximum Gasteiger partial charge on any atom is 0.316 e. The van der Waals surface area contributed by atoms with Crippen molar-refractivity contribution in [2.75, 3.05) is 11.1 Å². The first-order valence-corrected chi connectivity index (χ1v) is 10.1. The number of hydrogen-bond acceptors (Lipinski definition) is 7. The Kier molecular flexibility index (Phi) is 5.21. The molecule has 0 atom stereocenters. The molecule has 1 aromatic carbocycles. The molecular weight excluding hydrogens is 392 g/mol. The number of aromatic nitrogens is 3. The topological polar surface area (TPSA) is 154 Å². The van der Waals surface area contributed by atoms with Crippen LogP contribution in [0.5, 0.6) is 0 Å². The Morgan fingerprint density at radius 1 is 1.03 bits per heavy atom. The second-order valence-corrected chi connectivity index (χ2v) is 9.26. The summed E-state index contributed by atoms with van der Waals surface area (Å²) in [7, 11) is -3.77. The highest BCUT2D eigenvalue weighted by molar-refractivity contribution is 7.92. The molecule has 2 amide bonds. The molecule has 0 unspecified atom stereocenters. The van der Waals surface area contributed by atoms with Crippen molar-refractivity contribution in [1.29, 1.82) is 0 Å². The molecule has 2 heterocycles. The first-order chi connectivity index (χ1) is 13.6. The minimum absolute atomic E-state index is 0.137. The average Bonchev–Trinajstić information content (AvgIpc) is 2.68. The zero-order valence-electron chi connectivity index (χ0n) is 15.8. The van der Waals surface area contributed by atoms with Gasteiger partial charge in [0.05, 0.1) is 10.6 Å². The summed E-state index contributed by atoms with van der Waals surface area (Å²) in [6.07, 6.45) is 2.84. The maximum atomic E-state index is 13.2. The lowest BCUT2D eigenvalue weighted by Gasteiger charge is -2.25. The highest BCUT2D eigenvalue weighted by Crippen LogP contribution is 2.35. The molecule has 10 heteroatoms. The summed E-state index contributed by atoms with van der Waals surface area (Å²) in [4.78, 5) is 23.6. The van der Waals surface area contributed by atoms with Gasteiger partial charge in [0.2, 0.25) is 0 Å². The molecule has 0 saturated heterocycles. The minimum Gasteiger partial charge on any atom is -0.384 e. The van der Waals surface area contributed by atoms with Crippen LogP contribution in [0.25, 0.3) is 11.4 Å². The van der Waals surface area contributed by atoms with E-state index < -0.39 is 20.6 Å². The second-order valence-electron chi connectivity index (χ2n) is 6.76. The highest BCUT2D eigenvalue weighted by Gasteiger charge is 2.39. The summed E-state index contributed by atoms with van der Waals surface area (Å²) < 4.78 is 25.0. The Labute approximate surface area is 168 Å². The lowest BCUT2D eigenvalue weighted by atomic mass is 10.1. The van der Waals surface area contributed by atoms with Crippen LogP contribution >= 0.6 is 0 Å². The van der Waals surface area contributed by atoms with Crippen LogP contribution in [0.2, 0.25) is 0 Å². The van der Waals surface area contributed by atoms with Crippen LogP contribution in [-0.4, -0.2) is 29.4 Å². The Morgan fingerprint density at radius 2 is 1.66 bits per heavy atom. The normalized spacial score (nSPS) is 11.8. The number of carbonyl (C=O) groups is 1. The number of nitrogens with two attached hydrogens (primary N) is 2. The van der Waals surface area contributed by atoms with E-state index in [4.69, 9.17) is 11.5 Å². The van der Waals surface area contributed by atoms with Gasteiger partial charge in [0.1, 0.15) is 10.6 Å². The van der Waals surface area contributed by atoms with Crippen LogP contribution in [-0.2, 0) is 14.6 Å². The molecule has 0 aliphatic carbocycles. The molecule has 0 spiro atoms. The number of amides is 2. The number of anilines is 2. The standard InChI is InChI=1S/C19H20N6O3S/c1-19(2,29(27,28)14-7-9-22-10-8-14)15-11-16(20)25-17(24-15)12-3-5-13(6-4-12)23-18(21)26/h3-11H,1-2H3,(H2,20,24,25)(H3,21,23,26). The number of nitrogens with zero attached hydrogens (tertiary/aromatic N) is 3. The Morgan fingerprint density at radius 3 is 2.24 bits per heavy atom. The fourth-order valence-electron chi connectivity index (χ4n) is 2.70. The summed E-state index contributed by atoms with van der Waals surface area (Å²) in [6, 6.07) is 10.3. The molecule has 5 N–H and O–H groups in total. The molecule has 0 radical (unpaired) electrons. The fourth-order valence-corrected chi connectivity index (χ4v) is 4.15. The van der Waals surface area contributed by atoms with E-state index in [0.29, 0.717) is 11.3 Å². The Hall–Kier alpha value is -3.53. The smallest absolute Gasteiger partial charge is 0.316 e. The molecule has 9 nitrogen and oxygen atoms in total. The number of carbonyl (C=O) groups excluding carboxylic acids is 1. The number of nitrogen functional groups attached to an aromatic ring is 1. The largest absolute Gasteiger partial charge is 0.384 e.